The summed E-state index contributed by atoms with van der Waals surface area (Å²) in [6, 6.07) is 3.54. The van der Waals surface area contributed by atoms with Crippen molar-refractivity contribution >= 4 is 38.9 Å². The first kappa shape index (κ1) is 20.7. The van der Waals surface area contributed by atoms with Gasteiger partial charge in [-0.05, 0) is 25.5 Å². The van der Waals surface area contributed by atoms with Crippen molar-refractivity contribution in [3.63, 3.8) is 0 Å². The molecule has 1 N–H and O–H groups in total. The van der Waals surface area contributed by atoms with Gasteiger partial charge in [0.25, 0.3) is 15.2 Å². The van der Waals surface area contributed by atoms with Crippen molar-refractivity contribution in [3.8, 4) is 6.01 Å². The number of carbonyl (C=O) groups excluding carboxylic acids is 1. The summed E-state index contributed by atoms with van der Waals surface area (Å²) in [5.41, 5.74) is 0.0969. The number of carbonyl (C=O) groups is 1. The van der Waals surface area contributed by atoms with Gasteiger partial charge in [0.1, 0.15) is 0 Å². The fourth-order valence-electron chi connectivity index (χ4n) is 2.39. The average Bonchev–Trinajstić information content (AvgIpc) is 3.10. The SMILES string of the molecule is CCOc1nc(F)cc2nc(S(=O)(=O)Nc3c(C(=O)OC)ccc(C)c3Cl)nn12. The lowest BCUT2D eigenvalue weighted by Gasteiger charge is -2.13. The predicted molar refractivity (Wildman–Crippen MR) is 100 cm³/mol. The molecule has 29 heavy (non-hydrogen) atoms. The number of esters is 1. The molecule has 2 heterocycles. The zero-order valence-electron chi connectivity index (χ0n) is 15.4. The number of nitrogens with zero attached hydrogens (tertiary/aromatic N) is 4. The van der Waals surface area contributed by atoms with Gasteiger partial charge in [0.15, 0.2) is 5.65 Å². The third-order valence-corrected chi connectivity index (χ3v) is 5.35. The number of nitrogens with one attached hydrogen (secondary N) is 1. The van der Waals surface area contributed by atoms with Crippen LogP contribution in [0.2, 0.25) is 5.02 Å². The minimum atomic E-state index is -4.41. The summed E-state index contributed by atoms with van der Waals surface area (Å²) in [5, 5.41) is 3.14. The Morgan fingerprint density at radius 3 is 2.72 bits per heavy atom. The van der Waals surface area contributed by atoms with Crippen molar-refractivity contribution in [2.45, 2.75) is 19.0 Å². The van der Waals surface area contributed by atoms with Gasteiger partial charge in [0.2, 0.25) is 5.95 Å². The Morgan fingerprint density at radius 1 is 1.34 bits per heavy atom. The maximum atomic E-state index is 13.6. The van der Waals surface area contributed by atoms with E-state index < -0.39 is 27.1 Å². The third-order valence-electron chi connectivity index (χ3n) is 3.74. The van der Waals surface area contributed by atoms with E-state index in [1.807, 2.05) is 0 Å². The summed E-state index contributed by atoms with van der Waals surface area (Å²) in [5.74, 6) is -1.71. The zero-order valence-corrected chi connectivity index (χ0v) is 17.0. The molecule has 0 unspecified atom stereocenters. The van der Waals surface area contributed by atoms with Crippen LogP contribution >= 0.6 is 11.6 Å². The molecule has 0 radical (unpaired) electrons. The molecule has 0 aliphatic heterocycles. The van der Waals surface area contributed by atoms with Crippen LogP contribution in [0.4, 0.5) is 10.1 Å². The smallest absolute Gasteiger partial charge is 0.340 e. The summed E-state index contributed by atoms with van der Waals surface area (Å²) in [4.78, 5) is 19.3. The van der Waals surface area contributed by atoms with Crippen LogP contribution in [-0.4, -0.2) is 47.7 Å². The molecule has 0 aliphatic carbocycles. The number of anilines is 1. The Labute approximate surface area is 169 Å². The minimum Gasteiger partial charge on any atom is -0.465 e. The van der Waals surface area contributed by atoms with Gasteiger partial charge in [0.05, 0.1) is 30.0 Å². The van der Waals surface area contributed by atoms with Crippen molar-refractivity contribution in [1.29, 1.82) is 0 Å². The third kappa shape index (κ3) is 3.93. The van der Waals surface area contributed by atoms with Crippen LogP contribution in [-0.2, 0) is 14.8 Å². The summed E-state index contributed by atoms with van der Waals surface area (Å²) in [6.07, 6.45) is 0. The highest BCUT2D eigenvalue weighted by molar-refractivity contribution is 7.92. The molecule has 0 saturated carbocycles. The number of methoxy groups -OCH3 is 1. The van der Waals surface area contributed by atoms with Crippen molar-refractivity contribution in [2.24, 2.45) is 0 Å². The van der Waals surface area contributed by atoms with E-state index >= 15 is 0 Å². The van der Waals surface area contributed by atoms with Crippen molar-refractivity contribution in [3.05, 3.63) is 40.3 Å². The quantitative estimate of drug-likeness (QED) is 0.454. The lowest BCUT2D eigenvalue weighted by molar-refractivity contribution is 0.0602. The van der Waals surface area contributed by atoms with Gasteiger partial charge >= 0.3 is 12.0 Å². The number of benzene rings is 1. The number of ether oxygens (including phenoxy) is 2. The molecule has 10 nitrogen and oxygen atoms in total. The minimum absolute atomic E-state index is 0.00274. The molecule has 2 aromatic heterocycles. The van der Waals surface area contributed by atoms with E-state index in [2.05, 4.69) is 24.5 Å². The van der Waals surface area contributed by atoms with Gasteiger partial charge in [0, 0.05) is 6.07 Å². The molecule has 3 aromatic rings. The highest BCUT2D eigenvalue weighted by atomic mass is 35.5. The van der Waals surface area contributed by atoms with E-state index in [1.54, 1.807) is 19.9 Å². The molecular formula is C16H15ClFN5O5S. The molecule has 154 valence electrons. The lowest BCUT2D eigenvalue weighted by atomic mass is 10.1. The Kier molecular flexibility index (Phi) is 5.57. The second kappa shape index (κ2) is 7.79. The Bertz CT molecular complexity index is 1210. The maximum Gasteiger partial charge on any atom is 0.340 e. The summed E-state index contributed by atoms with van der Waals surface area (Å²) in [6.45, 7) is 3.42. The molecule has 3 rings (SSSR count). The maximum absolute atomic E-state index is 13.6. The second-order valence-corrected chi connectivity index (χ2v) is 7.63. The van der Waals surface area contributed by atoms with Crippen molar-refractivity contribution in [1.82, 2.24) is 19.6 Å². The number of hydrogen-bond acceptors (Lipinski definition) is 8. The highest BCUT2D eigenvalue weighted by Crippen LogP contribution is 2.32. The van der Waals surface area contributed by atoms with Gasteiger partial charge in [-0.1, -0.05) is 17.7 Å². The first-order valence-corrected chi connectivity index (χ1v) is 10.0. The average molecular weight is 444 g/mol. The van der Waals surface area contributed by atoms with E-state index in [0.29, 0.717) is 5.56 Å². The van der Waals surface area contributed by atoms with Crippen LogP contribution in [0.15, 0.2) is 23.4 Å². The van der Waals surface area contributed by atoms with Crippen LogP contribution in [0.1, 0.15) is 22.8 Å². The van der Waals surface area contributed by atoms with Crippen molar-refractivity contribution in [2.75, 3.05) is 18.4 Å². The Hall–Kier alpha value is -2.99. The second-order valence-electron chi connectivity index (χ2n) is 5.67. The lowest BCUT2D eigenvalue weighted by Crippen LogP contribution is -2.18. The molecule has 0 aliphatic rings. The molecule has 0 spiro atoms. The van der Waals surface area contributed by atoms with E-state index in [4.69, 9.17) is 16.3 Å². The largest absolute Gasteiger partial charge is 0.465 e. The van der Waals surface area contributed by atoms with Crippen LogP contribution < -0.4 is 9.46 Å². The van der Waals surface area contributed by atoms with E-state index in [1.165, 1.54) is 6.07 Å². The standard InChI is InChI=1S/C16H15ClFN5O5S/c1-4-28-16-19-10(18)7-11-20-15(21-23(11)16)29(25,26)22-13-9(14(24)27-3)6-5-8(2)12(13)17/h5-7,22H,4H2,1-3H3. The van der Waals surface area contributed by atoms with Gasteiger partial charge in [-0.25, -0.2) is 4.79 Å². The van der Waals surface area contributed by atoms with Crippen molar-refractivity contribution < 1.29 is 27.1 Å². The van der Waals surface area contributed by atoms with E-state index in [0.717, 1.165) is 17.7 Å². The Morgan fingerprint density at radius 2 is 2.07 bits per heavy atom. The fraction of sp³-hybridized carbons (Fsp3) is 0.250. The molecule has 0 amide bonds. The molecule has 13 heteroatoms. The highest BCUT2D eigenvalue weighted by Gasteiger charge is 2.27. The summed E-state index contributed by atoms with van der Waals surface area (Å²) >= 11 is 6.20. The monoisotopic (exact) mass is 443 g/mol. The molecule has 0 saturated heterocycles. The predicted octanol–water partition coefficient (Wildman–Crippen LogP) is 2.21. The number of aromatic nitrogens is 4. The molecule has 0 atom stereocenters. The summed E-state index contributed by atoms with van der Waals surface area (Å²) in [7, 11) is -3.27. The van der Waals surface area contributed by atoms with Gasteiger partial charge in [-0.15, -0.1) is 5.10 Å². The number of hydrogen-bond donors (Lipinski definition) is 1. The van der Waals surface area contributed by atoms with Crippen LogP contribution in [0.25, 0.3) is 5.65 Å². The van der Waals surface area contributed by atoms with Gasteiger partial charge < -0.3 is 9.47 Å². The van der Waals surface area contributed by atoms with Gasteiger partial charge in [-0.3, -0.25) is 4.72 Å². The number of sulfonamides is 1. The molecular weight excluding hydrogens is 429 g/mol. The number of fused-ring (bicyclic) bond motifs is 1. The molecule has 1 aromatic carbocycles. The van der Waals surface area contributed by atoms with E-state index in [9.17, 15) is 17.6 Å². The summed E-state index contributed by atoms with van der Waals surface area (Å²) < 4.78 is 52.3. The first-order chi connectivity index (χ1) is 13.7. The first-order valence-electron chi connectivity index (χ1n) is 8.14. The number of halogens is 2. The van der Waals surface area contributed by atoms with Crippen LogP contribution in [0, 0.1) is 12.9 Å². The molecule has 0 bridgehead atoms. The topological polar surface area (TPSA) is 125 Å². The molecule has 0 fully saturated rings. The van der Waals surface area contributed by atoms with E-state index in [-0.39, 0.29) is 34.5 Å². The van der Waals surface area contributed by atoms with Crippen LogP contribution in [0.5, 0.6) is 6.01 Å². The number of rotatable bonds is 6. The van der Waals surface area contributed by atoms with Crippen LogP contribution in [0.3, 0.4) is 0 Å². The normalized spacial score (nSPS) is 11.5. The zero-order chi connectivity index (χ0) is 21.3. The van der Waals surface area contributed by atoms with Gasteiger partial charge in [-0.2, -0.15) is 27.3 Å². The fourth-order valence-corrected chi connectivity index (χ4v) is 3.64. The Balaban J connectivity index is 2.11. The number of aryl methyl sites for hydroxylation is 1.